The topological polar surface area (TPSA) is 52.3 Å². The molecule has 0 bridgehead atoms. The van der Waals surface area contributed by atoms with Crippen LogP contribution in [0.3, 0.4) is 0 Å². The summed E-state index contributed by atoms with van der Waals surface area (Å²) in [5.41, 5.74) is 6.07. The van der Waals surface area contributed by atoms with Gasteiger partial charge in [-0.3, -0.25) is 4.79 Å². The Morgan fingerprint density at radius 3 is 2.88 bits per heavy atom. The summed E-state index contributed by atoms with van der Waals surface area (Å²) in [5, 5.41) is 0. The lowest BCUT2D eigenvalue weighted by molar-refractivity contribution is -0.122. The summed E-state index contributed by atoms with van der Waals surface area (Å²) in [6.07, 6.45) is 0.954. The molecule has 3 nitrogen and oxygen atoms in total. The number of halogens is 1. The van der Waals surface area contributed by atoms with Gasteiger partial charge in [0.15, 0.2) is 5.78 Å². The molecule has 92 valence electrons. The largest absolute Gasteiger partial charge is 0.485 e. The highest BCUT2D eigenvalue weighted by Gasteiger charge is 2.38. The quantitative estimate of drug-likeness (QED) is 0.850. The van der Waals surface area contributed by atoms with Gasteiger partial charge in [0.25, 0.3) is 0 Å². The summed E-state index contributed by atoms with van der Waals surface area (Å²) < 4.78 is 18.3. The summed E-state index contributed by atoms with van der Waals surface area (Å²) in [6.45, 7) is 2.29. The Balaban J connectivity index is 1.96. The van der Waals surface area contributed by atoms with Gasteiger partial charge in [-0.1, -0.05) is 6.92 Å². The second-order valence-corrected chi connectivity index (χ2v) is 4.53. The number of hydrogen-bond acceptors (Lipinski definition) is 3. The average Bonchev–Trinajstić information content (AvgIpc) is 3.04. The lowest BCUT2D eigenvalue weighted by Crippen LogP contribution is -2.15. The van der Waals surface area contributed by atoms with Crippen LogP contribution in [-0.2, 0) is 11.3 Å². The van der Waals surface area contributed by atoms with Crippen LogP contribution in [0.4, 0.5) is 4.39 Å². The third-order valence-electron chi connectivity index (χ3n) is 3.14. The molecule has 2 rings (SSSR count). The van der Waals surface area contributed by atoms with Gasteiger partial charge < -0.3 is 10.5 Å². The molecule has 2 unspecified atom stereocenters. The van der Waals surface area contributed by atoms with Crippen LogP contribution in [0.5, 0.6) is 5.75 Å². The van der Waals surface area contributed by atoms with Crippen molar-refractivity contribution in [1.29, 1.82) is 0 Å². The summed E-state index contributed by atoms with van der Waals surface area (Å²) >= 11 is 0. The maximum absolute atomic E-state index is 12.9. The second kappa shape index (κ2) is 4.84. The molecule has 0 aliphatic heterocycles. The van der Waals surface area contributed by atoms with Crippen molar-refractivity contribution < 1.29 is 13.9 Å². The van der Waals surface area contributed by atoms with Crippen LogP contribution in [0.2, 0.25) is 0 Å². The lowest BCUT2D eigenvalue weighted by Gasteiger charge is -2.09. The van der Waals surface area contributed by atoms with E-state index in [1.807, 2.05) is 6.92 Å². The summed E-state index contributed by atoms with van der Waals surface area (Å²) in [5.74, 6) is 0.894. The maximum atomic E-state index is 12.9. The first-order valence-electron chi connectivity index (χ1n) is 5.76. The predicted octanol–water partition coefficient (Wildman–Crippen LogP) is 1.89. The zero-order valence-electron chi connectivity index (χ0n) is 9.78. The smallest absolute Gasteiger partial charge is 0.173 e. The molecule has 1 fully saturated rings. The number of ketones is 1. The fourth-order valence-corrected chi connectivity index (χ4v) is 1.88. The minimum atomic E-state index is -0.347. The molecule has 0 amide bonds. The molecule has 0 heterocycles. The lowest BCUT2D eigenvalue weighted by atomic mass is 10.2. The minimum absolute atomic E-state index is 0.0492. The van der Waals surface area contributed by atoms with Gasteiger partial charge in [0.1, 0.15) is 18.2 Å². The minimum Gasteiger partial charge on any atom is -0.485 e. The molecule has 1 aliphatic carbocycles. The highest BCUT2D eigenvalue weighted by Crippen LogP contribution is 2.38. The van der Waals surface area contributed by atoms with E-state index in [1.54, 1.807) is 0 Å². The maximum Gasteiger partial charge on any atom is 0.173 e. The van der Waals surface area contributed by atoms with E-state index in [0.29, 0.717) is 17.2 Å². The van der Waals surface area contributed by atoms with Gasteiger partial charge in [-0.25, -0.2) is 4.39 Å². The Labute approximate surface area is 99.8 Å². The Morgan fingerprint density at radius 2 is 2.29 bits per heavy atom. The van der Waals surface area contributed by atoms with Crippen molar-refractivity contribution in [2.24, 2.45) is 17.6 Å². The van der Waals surface area contributed by atoms with Gasteiger partial charge >= 0.3 is 0 Å². The molecule has 1 saturated carbocycles. The van der Waals surface area contributed by atoms with Crippen LogP contribution in [0.1, 0.15) is 18.9 Å². The van der Waals surface area contributed by atoms with E-state index in [9.17, 15) is 9.18 Å². The third-order valence-corrected chi connectivity index (χ3v) is 3.14. The highest BCUT2D eigenvalue weighted by molar-refractivity contribution is 5.85. The van der Waals surface area contributed by atoms with Crippen molar-refractivity contribution in [3.63, 3.8) is 0 Å². The molecule has 2 atom stereocenters. The zero-order valence-corrected chi connectivity index (χ0v) is 9.78. The number of Topliss-reactive ketones (excluding diaryl/α,β-unsaturated/α-hetero) is 1. The number of benzene rings is 1. The van der Waals surface area contributed by atoms with Crippen molar-refractivity contribution in [1.82, 2.24) is 0 Å². The van der Waals surface area contributed by atoms with E-state index in [2.05, 4.69) is 0 Å². The first kappa shape index (κ1) is 12.0. The van der Waals surface area contributed by atoms with Crippen LogP contribution in [0.25, 0.3) is 0 Å². The molecule has 1 aromatic rings. The average molecular weight is 237 g/mol. The number of carbonyl (C=O) groups is 1. The molecule has 2 N–H and O–H groups in total. The van der Waals surface area contributed by atoms with Gasteiger partial charge in [-0.15, -0.1) is 0 Å². The molecule has 0 spiro atoms. The molecule has 0 radical (unpaired) electrons. The fourth-order valence-electron chi connectivity index (χ4n) is 1.88. The van der Waals surface area contributed by atoms with Crippen molar-refractivity contribution in [2.75, 3.05) is 6.61 Å². The van der Waals surface area contributed by atoms with Crippen LogP contribution in [0.15, 0.2) is 18.2 Å². The fraction of sp³-hybridized carbons (Fsp3) is 0.462. The van der Waals surface area contributed by atoms with Gasteiger partial charge in [-0.2, -0.15) is 0 Å². The summed E-state index contributed by atoms with van der Waals surface area (Å²) in [7, 11) is 0. The molecule has 1 aliphatic rings. The molecule has 0 aromatic heterocycles. The molecule has 0 saturated heterocycles. The monoisotopic (exact) mass is 237 g/mol. The van der Waals surface area contributed by atoms with E-state index >= 15 is 0 Å². The second-order valence-electron chi connectivity index (χ2n) is 4.53. The SMILES string of the molecule is CC1CC1C(=O)COc1ccc(F)cc1CN. The Bertz CT molecular complexity index is 433. The molecular weight excluding hydrogens is 221 g/mol. The van der Waals surface area contributed by atoms with E-state index in [0.717, 1.165) is 6.42 Å². The van der Waals surface area contributed by atoms with Gasteiger partial charge in [0.2, 0.25) is 0 Å². The molecular formula is C13H16FNO2. The van der Waals surface area contributed by atoms with Crippen LogP contribution >= 0.6 is 0 Å². The summed E-state index contributed by atoms with van der Waals surface area (Å²) in [6, 6.07) is 4.15. The first-order valence-corrected chi connectivity index (χ1v) is 5.76. The van der Waals surface area contributed by atoms with E-state index < -0.39 is 0 Å². The third kappa shape index (κ3) is 2.82. The molecule has 1 aromatic carbocycles. The number of carbonyl (C=O) groups excluding carboxylic acids is 1. The van der Waals surface area contributed by atoms with Crippen molar-refractivity contribution in [3.05, 3.63) is 29.6 Å². The number of hydrogen-bond donors (Lipinski definition) is 1. The zero-order chi connectivity index (χ0) is 12.4. The van der Waals surface area contributed by atoms with Crippen molar-refractivity contribution in [3.8, 4) is 5.75 Å². The predicted molar refractivity (Wildman–Crippen MR) is 62.1 cm³/mol. The van der Waals surface area contributed by atoms with Gasteiger partial charge in [0.05, 0.1) is 0 Å². The van der Waals surface area contributed by atoms with Crippen molar-refractivity contribution in [2.45, 2.75) is 19.9 Å². The molecule has 17 heavy (non-hydrogen) atoms. The first-order chi connectivity index (χ1) is 8.11. The standard InChI is InChI=1S/C13H16FNO2/c1-8-4-11(8)12(16)7-17-13-3-2-10(14)5-9(13)6-15/h2-3,5,8,11H,4,6-7,15H2,1H3. The van der Waals surface area contributed by atoms with Crippen LogP contribution < -0.4 is 10.5 Å². The summed E-state index contributed by atoms with van der Waals surface area (Å²) in [4.78, 5) is 11.6. The van der Waals surface area contributed by atoms with Crippen LogP contribution in [0, 0.1) is 17.7 Å². The number of nitrogens with two attached hydrogens (primary N) is 1. The Hall–Kier alpha value is -1.42. The Morgan fingerprint density at radius 1 is 1.59 bits per heavy atom. The molecule has 4 heteroatoms. The van der Waals surface area contributed by atoms with Crippen molar-refractivity contribution >= 4 is 5.78 Å². The van der Waals surface area contributed by atoms with Gasteiger partial charge in [0, 0.05) is 18.0 Å². The van der Waals surface area contributed by atoms with Crippen LogP contribution in [-0.4, -0.2) is 12.4 Å². The van der Waals surface area contributed by atoms with Gasteiger partial charge in [-0.05, 0) is 30.5 Å². The number of ether oxygens (including phenoxy) is 1. The highest BCUT2D eigenvalue weighted by atomic mass is 19.1. The van der Waals surface area contributed by atoms with E-state index in [4.69, 9.17) is 10.5 Å². The van der Waals surface area contributed by atoms with E-state index in [-0.39, 0.29) is 30.7 Å². The van der Waals surface area contributed by atoms with E-state index in [1.165, 1.54) is 18.2 Å². The normalized spacial score (nSPS) is 22.3. The Kier molecular flexibility index (Phi) is 3.43. The number of rotatable bonds is 5.